The lowest BCUT2D eigenvalue weighted by atomic mass is 10.0. The van der Waals surface area contributed by atoms with Gasteiger partial charge in [-0.15, -0.1) is 30.6 Å². The summed E-state index contributed by atoms with van der Waals surface area (Å²) < 4.78 is 0. The number of carbonyl (C=O) groups is 1. The Bertz CT molecular complexity index is 571. The Morgan fingerprint density at radius 1 is 1.39 bits per heavy atom. The van der Waals surface area contributed by atoms with E-state index >= 15 is 0 Å². The third-order valence-electron chi connectivity index (χ3n) is 3.70. The van der Waals surface area contributed by atoms with E-state index in [1.807, 2.05) is 0 Å². The average Bonchev–Trinajstić information content (AvgIpc) is 2.54. The molecule has 6 heteroatoms. The zero-order chi connectivity index (χ0) is 15.9. The fourth-order valence-electron chi connectivity index (χ4n) is 2.39. The van der Waals surface area contributed by atoms with Crippen molar-refractivity contribution in [1.82, 2.24) is 15.1 Å². The van der Waals surface area contributed by atoms with Gasteiger partial charge < -0.3 is 15.1 Å². The second-order valence-electron chi connectivity index (χ2n) is 5.54. The summed E-state index contributed by atoms with van der Waals surface area (Å²) >= 11 is 0. The Hall–Kier alpha value is -1.57. The number of rotatable bonds is 4. The summed E-state index contributed by atoms with van der Waals surface area (Å²) in [6.07, 6.45) is 2.79. The van der Waals surface area contributed by atoms with Crippen molar-refractivity contribution < 1.29 is 4.79 Å². The first-order chi connectivity index (χ1) is 10.6. The van der Waals surface area contributed by atoms with Crippen LogP contribution < -0.4 is 5.32 Å². The maximum Gasteiger partial charge on any atom is 0.243 e. The van der Waals surface area contributed by atoms with E-state index in [1.165, 1.54) is 11.1 Å². The molecule has 0 spiro atoms. The van der Waals surface area contributed by atoms with Gasteiger partial charge in [0.15, 0.2) is 5.96 Å². The van der Waals surface area contributed by atoms with Crippen LogP contribution in [0.1, 0.15) is 11.1 Å². The van der Waals surface area contributed by atoms with Gasteiger partial charge in [0.1, 0.15) is 6.54 Å². The molecule has 2 rings (SSSR count). The third kappa shape index (κ3) is 5.53. The second kappa shape index (κ2) is 9.54. The molecule has 0 unspecified atom stereocenters. The predicted molar refractivity (Wildman–Crippen MR) is 105 cm³/mol. The molecule has 0 saturated carbocycles. The normalized spacial score (nSPS) is 13.7. The predicted octanol–water partition coefficient (Wildman–Crippen LogP) is 1.88. The first-order valence-corrected chi connectivity index (χ1v) is 7.53. The van der Waals surface area contributed by atoms with Crippen molar-refractivity contribution >= 4 is 35.8 Å². The molecule has 0 bridgehead atoms. The van der Waals surface area contributed by atoms with Gasteiger partial charge in [-0.3, -0.25) is 4.79 Å². The van der Waals surface area contributed by atoms with E-state index in [1.54, 1.807) is 25.1 Å². The van der Waals surface area contributed by atoms with Crippen molar-refractivity contribution in [3.8, 4) is 0 Å². The summed E-state index contributed by atoms with van der Waals surface area (Å²) in [7, 11) is 3.48. The lowest BCUT2D eigenvalue weighted by molar-refractivity contribution is -0.127. The number of nitrogens with one attached hydrogen (secondary N) is 1. The monoisotopic (exact) mass is 428 g/mol. The number of hydrogen-bond acceptors (Lipinski definition) is 2. The van der Waals surface area contributed by atoms with Crippen LogP contribution in [0.15, 0.2) is 41.9 Å². The standard InChI is InChI=1S/C17H24N4O.HI/c1-4-10-18-17(19-12-16(22)20(2)3)21-11-9-14-7-5-6-8-15(14)13-21;/h4-8H,1,9-13H2,2-3H3,(H,18,19);1H. The van der Waals surface area contributed by atoms with Crippen LogP contribution in [0.4, 0.5) is 0 Å². The van der Waals surface area contributed by atoms with Gasteiger partial charge in [0.25, 0.3) is 0 Å². The van der Waals surface area contributed by atoms with Crippen LogP contribution in [0.25, 0.3) is 0 Å². The maximum atomic E-state index is 11.8. The van der Waals surface area contributed by atoms with Crippen LogP contribution in [0.5, 0.6) is 0 Å². The summed E-state index contributed by atoms with van der Waals surface area (Å²) in [4.78, 5) is 20.0. The molecule has 1 aromatic rings. The van der Waals surface area contributed by atoms with Crippen molar-refractivity contribution in [2.24, 2.45) is 4.99 Å². The maximum absolute atomic E-state index is 11.8. The molecule has 0 fully saturated rings. The molecule has 0 saturated heterocycles. The van der Waals surface area contributed by atoms with E-state index in [2.05, 4.69) is 46.1 Å². The fourth-order valence-corrected chi connectivity index (χ4v) is 2.39. The molecular weight excluding hydrogens is 403 g/mol. The first-order valence-electron chi connectivity index (χ1n) is 7.53. The van der Waals surface area contributed by atoms with Gasteiger partial charge in [-0.1, -0.05) is 30.3 Å². The fraction of sp³-hybridized carbons (Fsp3) is 0.412. The Morgan fingerprint density at radius 3 is 2.74 bits per heavy atom. The molecule has 126 valence electrons. The van der Waals surface area contributed by atoms with Crippen LogP contribution in [-0.2, 0) is 17.8 Å². The number of aliphatic imine (C=N–C) groups is 1. The highest BCUT2D eigenvalue weighted by Crippen LogP contribution is 2.18. The number of nitrogens with zero attached hydrogens (tertiary/aromatic N) is 3. The van der Waals surface area contributed by atoms with Crippen LogP contribution in [-0.4, -0.2) is 55.4 Å². The third-order valence-corrected chi connectivity index (χ3v) is 3.70. The van der Waals surface area contributed by atoms with Crippen molar-refractivity contribution in [2.45, 2.75) is 13.0 Å². The molecule has 23 heavy (non-hydrogen) atoms. The lowest BCUT2D eigenvalue weighted by Crippen LogP contribution is -2.44. The van der Waals surface area contributed by atoms with E-state index < -0.39 is 0 Å². The smallest absolute Gasteiger partial charge is 0.243 e. The summed E-state index contributed by atoms with van der Waals surface area (Å²) in [5.41, 5.74) is 2.71. The van der Waals surface area contributed by atoms with Crippen LogP contribution >= 0.6 is 24.0 Å². The molecule has 1 aliphatic heterocycles. The molecular formula is C17H25IN4O. The highest BCUT2D eigenvalue weighted by Gasteiger charge is 2.19. The molecule has 0 aromatic heterocycles. The number of halogens is 1. The average molecular weight is 428 g/mol. The quantitative estimate of drug-likeness (QED) is 0.345. The molecule has 0 atom stereocenters. The lowest BCUT2D eigenvalue weighted by Gasteiger charge is -2.31. The number of likely N-dealkylation sites (N-methyl/N-ethyl adjacent to an activating group) is 1. The minimum atomic E-state index is -0.00434. The number of benzene rings is 1. The number of hydrogen-bond donors (Lipinski definition) is 1. The number of fused-ring (bicyclic) bond motifs is 1. The van der Waals surface area contributed by atoms with E-state index in [0.29, 0.717) is 6.54 Å². The Balaban J connectivity index is 0.00000264. The van der Waals surface area contributed by atoms with E-state index in [4.69, 9.17) is 0 Å². The van der Waals surface area contributed by atoms with Crippen molar-refractivity contribution in [3.63, 3.8) is 0 Å². The zero-order valence-corrected chi connectivity index (χ0v) is 16.1. The Morgan fingerprint density at radius 2 is 2.09 bits per heavy atom. The second-order valence-corrected chi connectivity index (χ2v) is 5.54. The minimum Gasteiger partial charge on any atom is -0.353 e. The summed E-state index contributed by atoms with van der Waals surface area (Å²) in [5.74, 6) is 0.764. The van der Waals surface area contributed by atoms with Gasteiger partial charge >= 0.3 is 0 Å². The minimum absolute atomic E-state index is 0. The van der Waals surface area contributed by atoms with Crippen molar-refractivity contribution in [2.75, 3.05) is 33.7 Å². The van der Waals surface area contributed by atoms with Crippen molar-refractivity contribution in [3.05, 3.63) is 48.0 Å². The molecule has 0 aliphatic carbocycles. The summed E-state index contributed by atoms with van der Waals surface area (Å²) in [5, 5.41) is 3.25. The van der Waals surface area contributed by atoms with Crippen LogP contribution in [0.3, 0.4) is 0 Å². The van der Waals surface area contributed by atoms with Crippen molar-refractivity contribution in [1.29, 1.82) is 0 Å². The van der Waals surface area contributed by atoms with Gasteiger partial charge in [0.05, 0.1) is 0 Å². The van der Waals surface area contributed by atoms with Gasteiger partial charge in [0.2, 0.25) is 5.91 Å². The summed E-state index contributed by atoms with van der Waals surface area (Å²) in [6.45, 7) is 6.23. The number of carbonyl (C=O) groups excluding carboxylic acids is 1. The van der Waals surface area contributed by atoms with Gasteiger partial charge in [-0.2, -0.15) is 0 Å². The molecule has 5 nitrogen and oxygen atoms in total. The van der Waals surface area contributed by atoms with E-state index in [-0.39, 0.29) is 36.4 Å². The van der Waals surface area contributed by atoms with Gasteiger partial charge in [-0.05, 0) is 17.5 Å². The topological polar surface area (TPSA) is 47.9 Å². The highest BCUT2D eigenvalue weighted by molar-refractivity contribution is 14.0. The molecule has 1 aromatic carbocycles. The largest absolute Gasteiger partial charge is 0.353 e. The van der Waals surface area contributed by atoms with Crippen LogP contribution in [0, 0.1) is 0 Å². The highest BCUT2D eigenvalue weighted by atomic mass is 127. The SMILES string of the molecule is C=CCNC(=NCC(=O)N(C)C)N1CCc2ccccc2C1.I. The Labute approximate surface area is 155 Å². The van der Waals surface area contributed by atoms with E-state index in [0.717, 1.165) is 25.5 Å². The van der Waals surface area contributed by atoms with Crippen LogP contribution in [0.2, 0.25) is 0 Å². The molecule has 1 heterocycles. The zero-order valence-electron chi connectivity index (χ0n) is 13.8. The van der Waals surface area contributed by atoms with Gasteiger partial charge in [0, 0.05) is 33.7 Å². The first kappa shape index (κ1) is 19.5. The van der Waals surface area contributed by atoms with Gasteiger partial charge in [-0.25, -0.2) is 4.99 Å². The van der Waals surface area contributed by atoms with E-state index in [9.17, 15) is 4.79 Å². The molecule has 1 amide bonds. The molecule has 1 aliphatic rings. The Kier molecular flexibility index (Phi) is 8.08. The number of guanidine groups is 1. The number of amides is 1. The summed E-state index contributed by atoms with van der Waals surface area (Å²) in [6, 6.07) is 8.47. The molecule has 1 N–H and O–H groups in total. The molecule has 0 radical (unpaired) electrons.